The fourth-order valence-corrected chi connectivity index (χ4v) is 6.07. The third-order valence-electron chi connectivity index (χ3n) is 4.20. The summed E-state index contributed by atoms with van der Waals surface area (Å²) in [6.07, 6.45) is -2.06. The van der Waals surface area contributed by atoms with Gasteiger partial charge in [-0.1, -0.05) is 0 Å². The third-order valence-corrected chi connectivity index (χ3v) is 7.98. The molecule has 2 unspecified atom stereocenters. The summed E-state index contributed by atoms with van der Waals surface area (Å²) in [5.41, 5.74) is 2.73. The van der Waals surface area contributed by atoms with Crippen molar-refractivity contribution >= 4 is 40.6 Å². The van der Waals surface area contributed by atoms with Crippen molar-refractivity contribution in [3.8, 4) is 0 Å². The van der Waals surface area contributed by atoms with Crippen LogP contribution in [0.4, 0.5) is 5.95 Å². The first-order chi connectivity index (χ1) is 15.1. The van der Waals surface area contributed by atoms with Crippen LogP contribution in [0, 0.1) is 0 Å². The molecule has 0 bridgehead atoms. The number of aromatic amines is 1. The van der Waals surface area contributed by atoms with E-state index in [1.807, 2.05) is 0 Å². The molecule has 0 aromatic carbocycles. The van der Waals surface area contributed by atoms with E-state index < -0.39 is 66.6 Å². The second kappa shape index (κ2) is 8.90. The highest BCUT2D eigenvalue weighted by Crippen LogP contribution is 2.66. The van der Waals surface area contributed by atoms with Crippen molar-refractivity contribution in [1.82, 2.24) is 19.5 Å². The third kappa shape index (κ3) is 6.12. The van der Waals surface area contributed by atoms with Gasteiger partial charge in [-0.15, -0.1) is 0 Å². The molecular weight excluding hydrogens is 519 g/mol. The summed E-state index contributed by atoms with van der Waals surface area (Å²) in [4.78, 5) is 57.7. The molecule has 0 spiro atoms. The maximum atomic E-state index is 11.9. The molecule has 0 aliphatic carbocycles. The number of phosphoric acid groups is 3. The fraction of sp³-hybridized carbons (Fsp3) is 0.545. The number of hydrogen-bond donors (Lipinski definition) is 8. The van der Waals surface area contributed by atoms with E-state index in [9.17, 15) is 38.5 Å². The van der Waals surface area contributed by atoms with Crippen LogP contribution in [-0.2, 0) is 31.6 Å². The van der Waals surface area contributed by atoms with Crippen LogP contribution in [0.2, 0.25) is 0 Å². The van der Waals surface area contributed by atoms with Gasteiger partial charge in [-0.05, 0) is 0 Å². The molecule has 0 saturated carbocycles. The average molecular weight is 537 g/mol. The first kappa shape index (κ1) is 26.1. The smallest absolute Gasteiger partial charge is 0.393 e. The Kier molecular flexibility index (Phi) is 7.03. The molecule has 1 aliphatic rings. The van der Waals surface area contributed by atoms with Crippen molar-refractivity contribution < 1.29 is 61.4 Å². The number of aromatic nitrogens is 4. The van der Waals surface area contributed by atoms with E-state index in [4.69, 9.17) is 20.3 Å². The highest BCUT2D eigenvalue weighted by Gasteiger charge is 2.49. The minimum atomic E-state index is -5.75. The van der Waals surface area contributed by atoms with E-state index >= 15 is 0 Å². The highest BCUT2D eigenvalue weighted by atomic mass is 31.3. The monoisotopic (exact) mass is 537 g/mol. The summed E-state index contributed by atoms with van der Waals surface area (Å²) in [7, 11) is -16.8. The van der Waals surface area contributed by atoms with Crippen LogP contribution in [0.5, 0.6) is 0 Å². The van der Waals surface area contributed by atoms with E-state index in [1.54, 1.807) is 0 Å². The molecular formula is C11H18N5O14P3. The summed E-state index contributed by atoms with van der Waals surface area (Å²) in [6, 6.07) is 0. The lowest BCUT2D eigenvalue weighted by Crippen LogP contribution is -2.38. The van der Waals surface area contributed by atoms with Gasteiger partial charge in [-0.3, -0.25) is 18.9 Å². The van der Waals surface area contributed by atoms with Crippen LogP contribution in [0.25, 0.3) is 11.2 Å². The number of aliphatic hydroxyl groups is 2. The quantitative estimate of drug-likeness (QED) is 0.161. The van der Waals surface area contributed by atoms with E-state index in [2.05, 4.69) is 28.1 Å². The molecule has 1 aliphatic heterocycles. The number of hydrogen-bond acceptors (Lipinski definition) is 13. The van der Waals surface area contributed by atoms with Gasteiger partial charge >= 0.3 is 23.5 Å². The van der Waals surface area contributed by atoms with Crippen molar-refractivity contribution in [3.05, 3.63) is 16.7 Å². The molecule has 3 heterocycles. The van der Waals surface area contributed by atoms with Gasteiger partial charge in [0.25, 0.3) is 5.56 Å². The fourth-order valence-electron chi connectivity index (χ4n) is 2.98. The second-order valence-electron chi connectivity index (χ2n) is 6.76. The van der Waals surface area contributed by atoms with Gasteiger partial charge in [0.15, 0.2) is 17.4 Å². The lowest BCUT2D eigenvalue weighted by molar-refractivity contribution is -0.125. The Labute approximate surface area is 182 Å². The van der Waals surface area contributed by atoms with Gasteiger partial charge < -0.3 is 40.3 Å². The van der Waals surface area contributed by atoms with Gasteiger partial charge in [0, 0.05) is 6.42 Å². The molecule has 1 fully saturated rings. The van der Waals surface area contributed by atoms with Crippen molar-refractivity contribution in [2.45, 2.75) is 24.4 Å². The Morgan fingerprint density at radius 1 is 1.24 bits per heavy atom. The zero-order chi connectivity index (χ0) is 24.8. The molecule has 1 saturated heterocycles. The number of H-pyrrole nitrogens is 1. The second-order valence-corrected chi connectivity index (χ2v) is 11.2. The van der Waals surface area contributed by atoms with E-state index in [0.29, 0.717) is 0 Å². The molecule has 19 nitrogen and oxygen atoms in total. The molecule has 0 radical (unpaired) electrons. The minimum absolute atomic E-state index is 0.0816. The Morgan fingerprint density at radius 3 is 2.52 bits per heavy atom. The van der Waals surface area contributed by atoms with Crippen LogP contribution >= 0.6 is 23.5 Å². The first-order valence-electron chi connectivity index (χ1n) is 8.53. The minimum Gasteiger partial charge on any atom is -0.393 e. The Balaban J connectivity index is 1.78. The number of imidazole rings is 1. The van der Waals surface area contributed by atoms with Crippen molar-refractivity contribution in [2.75, 3.05) is 18.9 Å². The van der Waals surface area contributed by atoms with Gasteiger partial charge in [0.1, 0.15) is 11.7 Å². The van der Waals surface area contributed by atoms with Gasteiger partial charge in [-0.25, -0.2) is 18.7 Å². The van der Waals surface area contributed by atoms with Crippen LogP contribution in [0.15, 0.2) is 11.1 Å². The van der Waals surface area contributed by atoms with Gasteiger partial charge in [0.2, 0.25) is 5.95 Å². The number of nitrogens with one attached hydrogen (secondary N) is 1. The SMILES string of the molecule is Nc1nc2c(ncn2[C@@H]2O[C@](CO)(COP(=O)(O)OP(=O)(O)OP(=O)(O)O)C[C@H]2O)c(=O)[nH]1. The number of nitrogens with two attached hydrogens (primary N) is 1. The number of fused-ring (bicyclic) bond motifs is 1. The number of phosphoric ester groups is 1. The summed E-state index contributed by atoms with van der Waals surface area (Å²) in [5.74, 6) is -0.261. The summed E-state index contributed by atoms with van der Waals surface area (Å²) in [6.45, 7) is -1.91. The number of nitrogens with zero attached hydrogens (tertiary/aromatic N) is 3. The molecule has 0 amide bonds. The van der Waals surface area contributed by atoms with E-state index in [0.717, 1.165) is 10.9 Å². The molecule has 5 atom stereocenters. The van der Waals surface area contributed by atoms with E-state index in [-0.39, 0.29) is 17.1 Å². The van der Waals surface area contributed by atoms with Crippen LogP contribution in [0.3, 0.4) is 0 Å². The molecule has 22 heteroatoms. The maximum absolute atomic E-state index is 11.9. The Morgan fingerprint density at radius 2 is 1.91 bits per heavy atom. The predicted octanol–water partition coefficient (Wildman–Crippen LogP) is -1.94. The summed E-state index contributed by atoms with van der Waals surface area (Å²) < 4.78 is 52.4. The van der Waals surface area contributed by atoms with Crippen LogP contribution in [0.1, 0.15) is 12.6 Å². The van der Waals surface area contributed by atoms with Gasteiger partial charge in [-0.2, -0.15) is 13.6 Å². The first-order valence-corrected chi connectivity index (χ1v) is 13.0. The van der Waals surface area contributed by atoms with Crippen molar-refractivity contribution in [3.63, 3.8) is 0 Å². The summed E-state index contributed by atoms with van der Waals surface area (Å²) >= 11 is 0. The molecule has 3 rings (SSSR count). The normalized spacial score (nSPS) is 27.5. The van der Waals surface area contributed by atoms with Crippen LogP contribution in [-0.4, -0.2) is 74.2 Å². The zero-order valence-electron chi connectivity index (χ0n) is 16.1. The number of ether oxygens (including phenoxy) is 1. The number of anilines is 1. The molecule has 2 aromatic rings. The number of nitrogen functional groups attached to an aromatic ring is 1. The lowest BCUT2D eigenvalue weighted by atomic mass is 10.0. The highest BCUT2D eigenvalue weighted by molar-refractivity contribution is 7.66. The average Bonchev–Trinajstić information content (AvgIpc) is 3.18. The standard InChI is InChI=1S/C11H18N5O14P3/c12-10-14-7-6(8(19)15-10)13-4-16(7)9-5(18)1-11(2-17,28-9)3-27-32(23,24)30-33(25,26)29-31(20,21)22/h4-5,9,17-18H,1-3H2,(H,23,24)(H,25,26)(H2,20,21,22)(H3,12,14,15,19)/t5-,9-,11-/m1/s1. The topological polar surface area (TPSA) is 299 Å². The largest absolute Gasteiger partial charge is 0.490 e. The molecule has 2 aromatic heterocycles. The predicted molar refractivity (Wildman–Crippen MR) is 103 cm³/mol. The van der Waals surface area contributed by atoms with Gasteiger partial charge in [0.05, 0.1) is 19.5 Å². The number of aliphatic hydroxyl groups excluding tert-OH is 2. The maximum Gasteiger partial charge on any atom is 0.490 e. The Bertz CT molecular complexity index is 1240. The molecule has 33 heavy (non-hydrogen) atoms. The zero-order valence-corrected chi connectivity index (χ0v) is 18.7. The van der Waals surface area contributed by atoms with Crippen LogP contribution < -0.4 is 11.3 Å². The molecule has 9 N–H and O–H groups in total. The van der Waals surface area contributed by atoms with E-state index in [1.165, 1.54) is 0 Å². The Hall–Kier alpha value is -1.56. The summed E-state index contributed by atoms with van der Waals surface area (Å²) in [5, 5.41) is 20.2. The number of rotatable bonds is 9. The van der Waals surface area contributed by atoms with Crippen molar-refractivity contribution in [2.24, 2.45) is 0 Å². The lowest BCUT2D eigenvalue weighted by Gasteiger charge is -2.27. The molecule has 186 valence electrons. The van der Waals surface area contributed by atoms with Crippen molar-refractivity contribution in [1.29, 1.82) is 0 Å².